The quantitative estimate of drug-likeness (QED) is 0.535. The number of fused-ring (bicyclic) bond motifs is 3. The van der Waals surface area contributed by atoms with Crippen molar-refractivity contribution in [2.75, 3.05) is 11.9 Å². The Hall–Kier alpha value is -2.86. The zero-order chi connectivity index (χ0) is 18.2. The number of hydrogen-bond donors (Lipinski definition) is 0. The second kappa shape index (κ2) is 6.70. The normalized spacial score (nSPS) is 13.1. The highest BCUT2D eigenvalue weighted by atomic mass is 32.1. The fourth-order valence-corrected chi connectivity index (χ4v) is 4.97. The van der Waals surface area contributed by atoms with Gasteiger partial charge in [0.1, 0.15) is 10.6 Å². The molecule has 0 spiro atoms. The number of rotatable bonds is 4. The van der Waals surface area contributed by atoms with Crippen molar-refractivity contribution >= 4 is 27.4 Å². The van der Waals surface area contributed by atoms with Gasteiger partial charge in [0.2, 0.25) is 0 Å². The molecule has 0 aliphatic heterocycles. The summed E-state index contributed by atoms with van der Waals surface area (Å²) in [4.78, 5) is 23.0. The van der Waals surface area contributed by atoms with Crippen molar-refractivity contribution in [3.05, 3.63) is 65.1 Å². The van der Waals surface area contributed by atoms with Crippen LogP contribution in [0.1, 0.15) is 22.4 Å². The van der Waals surface area contributed by atoms with Crippen LogP contribution in [-0.2, 0) is 19.4 Å². The topological polar surface area (TPSA) is 54.8 Å². The molecule has 0 atom stereocenters. The molecule has 0 amide bonds. The Morgan fingerprint density at radius 2 is 1.93 bits per heavy atom. The van der Waals surface area contributed by atoms with E-state index in [0.29, 0.717) is 0 Å². The van der Waals surface area contributed by atoms with Gasteiger partial charge in [-0.2, -0.15) is 0 Å². The number of thiophene rings is 1. The van der Waals surface area contributed by atoms with Crippen molar-refractivity contribution in [2.24, 2.45) is 0 Å². The first-order valence-corrected chi connectivity index (χ1v) is 9.94. The second-order valence-electron chi connectivity index (χ2n) is 6.86. The summed E-state index contributed by atoms with van der Waals surface area (Å²) in [6.45, 7) is 0.783. The monoisotopic (exact) mass is 373 g/mol. The fourth-order valence-electron chi connectivity index (χ4n) is 3.71. The maximum atomic E-state index is 4.98. The third-order valence-corrected chi connectivity index (χ3v) is 6.18. The van der Waals surface area contributed by atoms with Crippen molar-refractivity contribution in [2.45, 2.75) is 25.8 Å². The average Bonchev–Trinajstić information content (AvgIpc) is 3.29. The zero-order valence-electron chi connectivity index (χ0n) is 15.1. The molecule has 1 aliphatic carbocycles. The van der Waals surface area contributed by atoms with Gasteiger partial charge < -0.3 is 4.90 Å². The van der Waals surface area contributed by atoms with Crippen LogP contribution in [0.15, 0.2) is 49.1 Å². The molecular weight excluding hydrogens is 354 g/mol. The van der Waals surface area contributed by atoms with Crippen molar-refractivity contribution in [3.8, 4) is 11.4 Å². The maximum Gasteiger partial charge on any atom is 0.164 e. The van der Waals surface area contributed by atoms with E-state index >= 15 is 0 Å². The van der Waals surface area contributed by atoms with Gasteiger partial charge in [-0.1, -0.05) is 0 Å². The van der Waals surface area contributed by atoms with Crippen LogP contribution in [0.5, 0.6) is 0 Å². The minimum atomic E-state index is 0.743. The average molecular weight is 373 g/mol. The van der Waals surface area contributed by atoms with Gasteiger partial charge in [-0.25, -0.2) is 9.97 Å². The number of nitrogens with zero attached hydrogens (tertiary/aromatic N) is 5. The summed E-state index contributed by atoms with van der Waals surface area (Å²) < 4.78 is 0. The van der Waals surface area contributed by atoms with Gasteiger partial charge in [-0.3, -0.25) is 9.97 Å². The molecule has 27 heavy (non-hydrogen) atoms. The maximum absolute atomic E-state index is 4.98. The van der Waals surface area contributed by atoms with E-state index in [-0.39, 0.29) is 0 Å². The Balaban J connectivity index is 1.66. The van der Waals surface area contributed by atoms with Gasteiger partial charge in [0, 0.05) is 48.8 Å². The predicted octanol–water partition coefficient (Wildman–Crippen LogP) is 4.27. The van der Waals surface area contributed by atoms with Crippen LogP contribution >= 0.6 is 11.3 Å². The van der Waals surface area contributed by atoms with E-state index in [1.165, 1.54) is 27.8 Å². The lowest BCUT2D eigenvalue weighted by Crippen LogP contribution is -2.18. The van der Waals surface area contributed by atoms with Crippen molar-refractivity contribution in [3.63, 3.8) is 0 Å². The highest BCUT2D eigenvalue weighted by molar-refractivity contribution is 7.19. The molecule has 0 saturated heterocycles. The molecule has 0 fully saturated rings. The van der Waals surface area contributed by atoms with E-state index in [4.69, 9.17) is 9.97 Å². The van der Waals surface area contributed by atoms with Gasteiger partial charge >= 0.3 is 0 Å². The largest absolute Gasteiger partial charge is 0.355 e. The third-order valence-electron chi connectivity index (χ3n) is 5.00. The van der Waals surface area contributed by atoms with Gasteiger partial charge in [-0.05, 0) is 54.7 Å². The van der Waals surface area contributed by atoms with Crippen LogP contribution in [0.2, 0.25) is 0 Å². The summed E-state index contributed by atoms with van der Waals surface area (Å²) in [5.74, 6) is 1.75. The minimum absolute atomic E-state index is 0.743. The van der Waals surface area contributed by atoms with E-state index in [1.807, 2.05) is 42.1 Å². The standard InChI is InChI=1S/C21H19N5S/c1-26(13-14-7-10-22-11-8-14)20-18-16-5-2-6-17(16)27-21(18)25-19(24-20)15-4-3-9-23-12-15/h3-4,7-12H,2,5-6,13H2,1H3. The first-order chi connectivity index (χ1) is 13.3. The zero-order valence-corrected chi connectivity index (χ0v) is 15.9. The van der Waals surface area contributed by atoms with Crippen LogP contribution in [-0.4, -0.2) is 27.0 Å². The van der Waals surface area contributed by atoms with Gasteiger partial charge in [0.25, 0.3) is 0 Å². The summed E-state index contributed by atoms with van der Waals surface area (Å²) in [5, 5.41) is 1.23. The van der Waals surface area contributed by atoms with E-state index in [9.17, 15) is 0 Å². The molecule has 0 aromatic carbocycles. The number of aryl methyl sites for hydroxylation is 2. The molecule has 0 bridgehead atoms. The number of pyridine rings is 2. The molecule has 6 heteroatoms. The van der Waals surface area contributed by atoms with Crippen LogP contribution in [0.25, 0.3) is 21.6 Å². The SMILES string of the molecule is CN(Cc1ccncc1)c1nc(-c2cccnc2)nc2sc3c(c12)CCC3. The van der Waals surface area contributed by atoms with Crippen molar-refractivity contribution in [1.29, 1.82) is 0 Å². The minimum Gasteiger partial charge on any atom is -0.355 e. The van der Waals surface area contributed by atoms with Gasteiger partial charge in [0.05, 0.1) is 5.39 Å². The summed E-state index contributed by atoms with van der Waals surface area (Å²) in [7, 11) is 2.11. The molecule has 4 heterocycles. The van der Waals surface area contributed by atoms with Crippen LogP contribution in [0.3, 0.4) is 0 Å². The lowest BCUT2D eigenvalue weighted by atomic mass is 10.1. The molecule has 0 N–H and O–H groups in total. The van der Waals surface area contributed by atoms with Gasteiger partial charge in [-0.15, -0.1) is 11.3 Å². The van der Waals surface area contributed by atoms with Crippen LogP contribution in [0, 0.1) is 0 Å². The molecule has 5 nitrogen and oxygen atoms in total. The molecular formula is C21H19N5S. The first kappa shape index (κ1) is 16.3. The number of aromatic nitrogens is 4. The summed E-state index contributed by atoms with van der Waals surface area (Å²) >= 11 is 1.82. The van der Waals surface area contributed by atoms with E-state index in [0.717, 1.165) is 41.4 Å². The highest BCUT2D eigenvalue weighted by Crippen LogP contribution is 2.41. The van der Waals surface area contributed by atoms with Crippen molar-refractivity contribution in [1.82, 2.24) is 19.9 Å². The molecule has 4 aromatic heterocycles. The molecule has 5 rings (SSSR count). The summed E-state index contributed by atoms with van der Waals surface area (Å²) in [6.07, 6.45) is 10.8. The van der Waals surface area contributed by atoms with E-state index in [2.05, 4.69) is 34.0 Å². The lowest BCUT2D eigenvalue weighted by Gasteiger charge is -2.20. The molecule has 4 aromatic rings. The lowest BCUT2D eigenvalue weighted by molar-refractivity contribution is 0.894. The molecule has 0 saturated carbocycles. The summed E-state index contributed by atoms with van der Waals surface area (Å²) in [5.41, 5.74) is 3.62. The van der Waals surface area contributed by atoms with Crippen molar-refractivity contribution < 1.29 is 0 Å². The first-order valence-electron chi connectivity index (χ1n) is 9.12. The summed E-state index contributed by atoms with van der Waals surface area (Å²) in [6, 6.07) is 8.05. The Bertz CT molecular complexity index is 1090. The smallest absolute Gasteiger partial charge is 0.164 e. The number of hydrogen-bond acceptors (Lipinski definition) is 6. The van der Waals surface area contributed by atoms with Gasteiger partial charge in [0.15, 0.2) is 5.82 Å². The van der Waals surface area contributed by atoms with Crippen LogP contribution in [0.4, 0.5) is 5.82 Å². The fraction of sp³-hybridized carbons (Fsp3) is 0.238. The number of anilines is 1. The van der Waals surface area contributed by atoms with Crippen LogP contribution < -0.4 is 4.90 Å². The predicted molar refractivity (Wildman–Crippen MR) is 109 cm³/mol. The Morgan fingerprint density at radius 1 is 1.04 bits per heavy atom. The Labute approximate surface area is 161 Å². The molecule has 0 unspecified atom stereocenters. The Morgan fingerprint density at radius 3 is 2.74 bits per heavy atom. The Kier molecular flexibility index (Phi) is 4.05. The van der Waals surface area contributed by atoms with E-state index in [1.54, 1.807) is 6.20 Å². The second-order valence-corrected chi connectivity index (χ2v) is 7.95. The highest BCUT2D eigenvalue weighted by Gasteiger charge is 2.24. The van der Waals surface area contributed by atoms with E-state index < -0.39 is 0 Å². The molecule has 1 aliphatic rings. The third kappa shape index (κ3) is 2.96. The molecule has 134 valence electrons. The molecule has 0 radical (unpaired) electrons.